The quantitative estimate of drug-likeness (QED) is 0.584. The van der Waals surface area contributed by atoms with Crippen LogP contribution in [0.25, 0.3) is 16.9 Å². The molecule has 3 rings (SSSR count). The molecule has 3 aromatic rings. The summed E-state index contributed by atoms with van der Waals surface area (Å²) in [6.07, 6.45) is 1.72. The number of pyridine rings is 1. The molecule has 0 atom stereocenters. The van der Waals surface area contributed by atoms with E-state index in [0.29, 0.717) is 18.7 Å². The highest BCUT2D eigenvalue weighted by Gasteiger charge is 2.17. The molecule has 3 aromatic heterocycles. The van der Waals surface area contributed by atoms with Crippen LogP contribution < -0.4 is 17.0 Å². The zero-order chi connectivity index (χ0) is 16.6. The summed E-state index contributed by atoms with van der Waals surface area (Å²) >= 11 is 6.00. The number of aromatic nitrogens is 5. The summed E-state index contributed by atoms with van der Waals surface area (Å²) in [4.78, 5) is 38.0. The number of aromatic amines is 2. The number of anilines is 1. The van der Waals surface area contributed by atoms with Crippen molar-refractivity contribution < 1.29 is 4.74 Å². The Balaban J connectivity index is 2.28. The van der Waals surface area contributed by atoms with Crippen LogP contribution >= 0.6 is 11.6 Å². The molecular formula is C13H13ClN6O3. The number of H-pyrrole nitrogens is 2. The maximum atomic E-state index is 12.5. The van der Waals surface area contributed by atoms with Crippen LogP contribution in [0.4, 0.5) is 5.69 Å². The Bertz CT molecular complexity index is 990. The van der Waals surface area contributed by atoms with Crippen LogP contribution in [0.3, 0.4) is 0 Å². The predicted molar refractivity (Wildman–Crippen MR) is 85.1 cm³/mol. The van der Waals surface area contributed by atoms with Gasteiger partial charge in [0.2, 0.25) is 0 Å². The van der Waals surface area contributed by atoms with Crippen molar-refractivity contribution in [1.82, 2.24) is 24.5 Å². The molecule has 0 aliphatic rings. The van der Waals surface area contributed by atoms with E-state index in [4.69, 9.17) is 22.1 Å². The summed E-state index contributed by atoms with van der Waals surface area (Å²) in [6, 6.07) is 1.37. The highest BCUT2D eigenvalue weighted by atomic mass is 35.5. The lowest BCUT2D eigenvalue weighted by molar-refractivity contribution is 0.201. The monoisotopic (exact) mass is 336 g/mol. The largest absolute Gasteiger partial charge is 0.396 e. The smallest absolute Gasteiger partial charge is 0.334 e. The van der Waals surface area contributed by atoms with Crippen LogP contribution in [0.15, 0.2) is 22.0 Å². The molecule has 9 nitrogen and oxygen atoms in total. The summed E-state index contributed by atoms with van der Waals surface area (Å²) in [5, 5.41) is 0.122. The average molecular weight is 337 g/mol. The van der Waals surface area contributed by atoms with Gasteiger partial charge < -0.3 is 15.5 Å². The minimum absolute atomic E-state index is 0.122. The first-order valence-corrected chi connectivity index (χ1v) is 7.03. The molecule has 0 radical (unpaired) electrons. The SMILES string of the molecule is COCCc1nc(Cl)cc(-n2c(=O)[nH]c3nc[nH]c3c2=O)c1N. The summed E-state index contributed by atoms with van der Waals surface area (Å²) < 4.78 is 5.90. The fourth-order valence-electron chi connectivity index (χ4n) is 2.27. The van der Waals surface area contributed by atoms with E-state index in [1.54, 1.807) is 7.11 Å². The van der Waals surface area contributed by atoms with Crippen LogP contribution in [-0.2, 0) is 11.2 Å². The van der Waals surface area contributed by atoms with Crippen molar-refractivity contribution >= 4 is 28.5 Å². The summed E-state index contributed by atoms with van der Waals surface area (Å²) in [5.74, 6) is 0. The Labute approximate surface area is 134 Å². The maximum Gasteiger partial charge on any atom is 0.334 e. The Morgan fingerprint density at radius 3 is 2.96 bits per heavy atom. The van der Waals surface area contributed by atoms with Crippen LogP contribution in [0.1, 0.15) is 5.69 Å². The highest BCUT2D eigenvalue weighted by molar-refractivity contribution is 6.29. The highest BCUT2D eigenvalue weighted by Crippen LogP contribution is 2.22. The second-order valence-corrected chi connectivity index (χ2v) is 5.15. The number of nitrogens with zero attached hydrogens (tertiary/aromatic N) is 3. The molecule has 0 aliphatic heterocycles. The molecule has 0 aromatic carbocycles. The number of nitrogen functional groups attached to an aromatic ring is 1. The van der Waals surface area contributed by atoms with E-state index in [1.807, 2.05) is 0 Å². The van der Waals surface area contributed by atoms with E-state index in [-0.39, 0.29) is 27.7 Å². The lowest BCUT2D eigenvalue weighted by atomic mass is 10.2. The Morgan fingerprint density at radius 1 is 1.43 bits per heavy atom. The number of hydrogen-bond donors (Lipinski definition) is 3. The van der Waals surface area contributed by atoms with Crippen molar-refractivity contribution in [2.24, 2.45) is 0 Å². The normalized spacial score (nSPS) is 11.2. The molecule has 0 fully saturated rings. The number of halogens is 1. The second-order valence-electron chi connectivity index (χ2n) is 4.76. The third-order valence-electron chi connectivity index (χ3n) is 3.35. The number of methoxy groups -OCH3 is 1. The van der Waals surface area contributed by atoms with E-state index >= 15 is 0 Å². The van der Waals surface area contributed by atoms with E-state index in [0.717, 1.165) is 4.57 Å². The zero-order valence-corrected chi connectivity index (χ0v) is 12.8. The van der Waals surface area contributed by atoms with Gasteiger partial charge in [-0.3, -0.25) is 9.78 Å². The molecule has 0 saturated carbocycles. The summed E-state index contributed by atoms with van der Waals surface area (Å²) in [5.41, 5.74) is 5.97. The van der Waals surface area contributed by atoms with Gasteiger partial charge in [0.1, 0.15) is 10.7 Å². The molecule has 0 amide bonds. The lowest BCUT2D eigenvalue weighted by Crippen LogP contribution is -2.34. The van der Waals surface area contributed by atoms with Crippen molar-refractivity contribution in [3.05, 3.63) is 44.1 Å². The predicted octanol–water partition coefficient (Wildman–Crippen LogP) is 0.222. The van der Waals surface area contributed by atoms with Crippen LogP contribution in [0.5, 0.6) is 0 Å². The van der Waals surface area contributed by atoms with Crippen LogP contribution in [-0.4, -0.2) is 38.2 Å². The van der Waals surface area contributed by atoms with Gasteiger partial charge >= 0.3 is 5.69 Å². The van der Waals surface area contributed by atoms with Gasteiger partial charge in [0.25, 0.3) is 5.56 Å². The molecular weight excluding hydrogens is 324 g/mol. The molecule has 0 unspecified atom stereocenters. The molecule has 3 heterocycles. The lowest BCUT2D eigenvalue weighted by Gasteiger charge is -2.12. The first-order valence-electron chi connectivity index (χ1n) is 6.65. The number of ether oxygens (including phenoxy) is 1. The summed E-state index contributed by atoms with van der Waals surface area (Å²) in [6.45, 7) is 0.377. The Morgan fingerprint density at radius 2 is 2.22 bits per heavy atom. The molecule has 10 heteroatoms. The Hall–Kier alpha value is -2.65. The van der Waals surface area contributed by atoms with E-state index in [1.165, 1.54) is 12.4 Å². The van der Waals surface area contributed by atoms with Gasteiger partial charge in [0.05, 0.1) is 30.0 Å². The number of imidazole rings is 1. The van der Waals surface area contributed by atoms with Gasteiger partial charge in [-0.15, -0.1) is 0 Å². The third kappa shape index (κ3) is 2.60. The Kier molecular flexibility index (Phi) is 3.89. The number of nitrogens with two attached hydrogens (primary N) is 1. The molecule has 4 N–H and O–H groups in total. The van der Waals surface area contributed by atoms with Gasteiger partial charge in [-0.1, -0.05) is 11.6 Å². The second kappa shape index (κ2) is 5.86. The van der Waals surface area contributed by atoms with Crippen molar-refractivity contribution in [3.8, 4) is 5.69 Å². The van der Waals surface area contributed by atoms with Gasteiger partial charge in [-0.05, 0) is 0 Å². The fraction of sp³-hybridized carbons (Fsp3) is 0.231. The van der Waals surface area contributed by atoms with Crippen molar-refractivity contribution in [2.75, 3.05) is 19.5 Å². The minimum atomic E-state index is -0.666. The number of fused-ring (bicyclic) bond motifs is 1. The fourth-order valence-corrected chi connectivity index (χ4v) is 2.47. The van der Waals surface area contributed by atoms with Gasteiger partial charge in [-0.2, -0.15) is 0 Å². The first kappa shape index (κ1) is 15.3. The van der Waals surface area contributed by atoms with E-state index in [9.17, 15) is 9.59 Å². The van der Waals surface area contributed by atoms with Gasteiger partial charge in [0, 0.05) is 19.6 Å². The van der Waals surface area contributed by atoms with Crippen LogP contribution in [0.2, 0.25) is 5.15 Å². The molecule has 0 bridgehead atoms. The third-order valence-corrected chi connectivity index (χ3v) is 3.55. The van der Waals surface area contributed by atoms with Crippen molar-refractivity contribution in [3.63, 3.8) is 0 Å². The maximum absolute atomic E-state index is 12.5. The van der Waals surface area contributed by atoms with Gasteiger partial charge in [-0.25, -0.2) is 19.3 Å². The summed E-state index contributed by atoms with van der Waals surface area (Å²) in [7, 11) is 1.54. The first-order chi connectivity index (χ1) is 11.0. The topological polar surface area (TPSA) is 132 Å². The molecule has 23 heavy (non-hydrogen) atoms. The number of rotatable bonds is 4. The van der Waals surface area contributed by atoms with E-state index in [2.05, 4.69) is 19.9 Å². The van der Waals surface area contributed by atoms with Crippen molar-refractivity contribution in [1.29, 1.82) is 0 Å². The number of nitrogens with one attached hydrogen (secondary N) is 2. The van der Waals surface area contributed by atoms with Gasteiger partial charge in [0.15, 0.2) is 5.65 Å². The molecule has 0 aliphatic carbocycles. The zero-order valence-electron chi connectivity index (χ0n) is 12.1. The molecule has 120 valence electrons. The standard InChI is InChI=1S/C13H13ClN6O3/c1-23-3-2-6-9(15)7(4-8(14)18-6)20-12(21)10-11(17-5-16-10)19-13(20)22/h4-5H,2-3,15H2,1H3,(H,16,17)(H,19,22). The average Bonchev–Trinajstić information content (AvgIpc) is 2.97. The van der Waals surface area contributed by atoms with E-state index < -0.39 is 11.2 Å². The van der Waals surface area contributed by atoms with Crippen molar-refractivity contribution in [2.45, 2.75) is 6.42 Å². The number of hydrogen-bond acceptors (Lipinski definition) is 6. The minimum Gasteiger partial charge on any atom is -0.396 e. The van der Waals surface area contributed by atoms with Crippen LogP contribution in [0, 0.1) is 0 Å². The molecule has 0 spiro atoms. The molecule has 0 saturated heterocycles.